The van der Waals surface area contributed by atoms with Gasteiger partial charge in [0, 0.05) is 18.0 Å². The molecule has 0 bridgehead atoms. The molecule has 0 amide bonds. The molecular weight excluding hydrogens is 186 g/mol. The minimum Gasteiger partial charge on any atom is -0.497 e. The summed E-state index contributed by atoms with van der Waals surface area (Å²) in [6, 6.07) is 9.61. The Hall–Kier alpha value is -1.02. The van der Waals surface area contributed by atoms with Crippen LogP contribution in [0.2, 0.25) is 0 Å². The highest BCUT2D eigenvalue weighted by Gasteiger charge is 2.29. The smallest absolute Gasteiger partial charge is 0.119 e. The van der Waals surface area contributed by atoms with E-state index in [4.69, 9.17) is 4.74 Å². The quantitative estimate of drug-likeness (QED) is 0.801. The van der Waals surface area contributed by atoms with Gasteiger partial charge in [-0.25, -0.2) is 0 Å². The lowest BCUT2D eigenvalue weighted by Crippen LogP contribution is -2.26. The first-order valence-electron chi connectivity index (χ1n) is 5.60. The van der Waals surface area contributed by atoms with Crippen LogP contribution in [0, 0.1) is 0 Å². The van der Waals surface area contributed by atoms with Crippen LogP contribution in [0.3, 0.4) is 0 Å². The van der Waals surface area contributed by atoms with Crippen LogP contribution in [0.1, 0.15) is 31.7 Å². The number of nitrogens with one attached hydrogen (secondary N) is 1. The van der Waals surface area contributed by atoms with Crippen molar-refractivity contribution in [2.45, 2.75) is 38.3 Å². The Kier molecular flexibility index (Phi) is 2.96. The van der Waals surface area contributed by atoms with E-state index in [1.54, 1.807) is 7.11 Å². The van der Waals surface area contributed by atoms with Crippen molar-refractivity contribution in [3.63, 3.8) is 0 Å². The Labute approximate surface area is 91.6 Å². The molecule has 0 aromatic heterocycles. The summed E-state index contributed by atoms with van der Waals surface area (Å²) in [4.78, 5) is 0. The van der Waals surface area contributed by atoms with Gasteiger partial charge in [0.15, 0.2) is 0 Å². The maximum Gasteiger partial charge on any atom is 0.119 e. The van der Waals surface area contributed by atoms with Gasteiger partial charge in [-0.3, -0.25) is 0 Å². The van der Waals surface area contributed by atoms with Crippen molar-refractivity contribution in [1.82, 2.24) is 5.32 Å². The summed E-state index contributed by atoms with van der Waals surface area (Å²) >= 11 is 0. The van der Waals surface area contributed by atoms with E-state index in [0.29, 0.717) is 18.0 Å². The lowest BCUT2D eigenvalue weighted by atomic mass is 9.92. The van der Waals surface area contributed by atoms with Crippen LogP contribution < -0.4 is 10.1 Å². The summed E-state index contributed by atoms with van der Waals surface area (Å²) in [5.41, 5.74) is 1.39. The van der Waals surface area contributed by atoms with E-state index in [0.717, 1.165) is 5.75 Å². The van der Waals surface area contributed by atoms with Gasteiger partial charge in [-0.2, -0.15) is 0 Å². The summed E-state index contributed by atoms with van der Waals surface area (Å²) in [6.45, 7) is 4.50. The van der Waals surface area contributed by atoms with Crippen LogP contribution >= 0.6 is 0 Å². The molecule has 1 fully saturated rings. The fourth-order valence-corrected chi connectivity index (χ4v) is 2.51. The van der Waals surface area contributed by atoms with Gasteiger partial charge in [-0.05, 0) is 38.0 Å². The number of methoxy groups -OCH3 is 1. The molecule has 1 aromatic rings. The van der Waals surface area contributed by atoms with Crippen molar-refractivity contribution < 1.29 is 4.74 Å². The summed E-state index contributed by atoms with van der Waals surface area (Å²) in [7, 11) is 1.72. The largest absolute Gasteiger partial charge is 0.497 e. The molecule has 2 heteroatoms. The van der Waals surface area contributed by atoms with E-state index >= 15 is 0 Å². The maximum absolute atomic E-state index is 5.26. The summed E-state index contributed by atoms with van der Waals surface area (Å²) < 4.78 is 5.26. The monoisotopic (exact) mass is 205 g/mol. The van der Waals surface area contributed by atoms with Crippen LogP contribution in [0.15, 0.2) is 24.3 Å². The van der Waals surface area contributed by atoms with E-state index in [1.165, 1.54) is 12.0 Å². The molecule has 1 N–H and O–H groups in total. The molecule has 0 spiro atoms. The van der Waals surface area contributed by atoms with Gasteiger partial charge in [0.05, 0.1) is 7.11 Å². The zero-order valence-corrected chi connectivity index (χ0v) is 9.66. The molecule has 2 nitrogen and oxygen atoms in total. The molecule has 1 aliphatic rings. The van der Waals surface area contributed by atoms with Crippen molar-refractivity contribution in [1.29, 1.82) is 0 Å². The van der Waals surface area contributed by atoms with Crippen LogP contribution in [0.25, 0.3) is 0 Å². The molecule has 1 heterocycles. The molecular formula is C13H19NO. The average Bonchev–Trinajstić information content (AvgIpc) is 2.58. The Morgan fingerprint density at radius 3 is 2.73 bits per heavy atom. The van der Waals surface area contributed by atoms with E-state index in [9.17, 15) is 0 Å². The van der Waals surface area contributed by atoms with Gasteiger partial charge in [0.25, 0.3) is 0 Å². The highest BCUT2D eigenvalue weighted by molar-refractivity contribution is 5.32. The first kappa shape index (κ1) is 10.5. The first-order valence-corrected chi connectivity index (χ1v) is 5.60. The SMILES string of the molecule is COc1cccc(C2CC(C)NC2C)c1. The van der Waals surface area contributed by atoms with Crippen LogP contribution in [0.5, 0.6) is 5.75 Å². The van der Waals surface area contributed by atoms with E-state index in [2.05, 4.69) is 37.4 Å². The average molecular weight is 205 g/mol. The van der Waals surface area contributed by atoms with Crippen LogP contribution in [0.4, 0.5) is 0 Å². The Bertz CT molecular complexity index is 337. The molecule has 0 aliphatic carbocycles. The summed E-state index contributed by atoms with van der Waals surface area (Å²) in [5.74, 6) is 1.58. The highest BCUT2D eigenvalue weighted by Crippen LogP contribution is 2.32. The predicted octanol–water partition coefficient (Wildman–Crippen LogP) is 2.55. The van der Waals surface area contributed by atoms with Crippen molar-refractivity contribution in [2.24, 2.45) is 0 Å². The molecule has 3 atom stereocenters. The van der Waals surface area contributed by atoms with E-state index in [1.807, 2.05) is 6.07 Å². The fraction of sp³-hybridized carbons (Fsp3) is 0.538. The number of ether oxygens (including phenoxy) is 1. The topological polar surface area (TPSA) is 21.3 Å². The first-order chi connectivity index (χ1) is 7.20. The second-order valence-corrected chi connectivity index (χ2v) is 4.48. The summed E-state index contributed by atoms with van der Waals surface area (Å²) in [5, 5.41) is 3.56. The molecule has 15 heavy (non-hydrogen) atoms. The minimum atomic E-state index is 0.562. The normalized spacial score (nSPS) is 30.5. The van der Waals surface area contributed by atoms with E-state index < -0.39 is 0 Å². The number of hydrogen-bond donors (Lipinski definition) is 1. The van der Waals surface area contributed by atoms with Crippen molar-refractivity contribution in [3.05, 3.63) is 29.8 Å². The molecule has 0 radical (unpaired) electrons. The molecule has 3 unspecified atom stereocenters. The Balaban J connectivity index is 2.21. The number of hydrogen-bond acceptors (Lipinski definition) is 2. The van der Waals surface area contributed by atoms with Crippen LogP contribution in [-0.2, 0) is 0 Å². The lowest BCUT2D eigenvalue weighted by molar-refractivity contribution is 0.413. The standard InChI is InChI=1S/C13H19NO/c1-9-7-13(10(2)14-9)11-5-4-6-12(8-11)15-3/h4-6,8-10,13-14H,7H2,1-3H3. The third-order valence-electron chi connectivity index (χ3n) is 3.28. The van der Waals surface area contributed by atoms with Crippen molar-refractivity contribution >= 4 is 0 Å². The maximum atomic E-state index is 5.26. The molecule has 0 saturated carbocycles. The van der Waals surface area contributed by atoms with Gasteiger partial charge < -0.3 is 10.1 Å². The molecule has 82 valence electrons. The van der Waals surface area contributed by atoms with Gasteiger partial charge in [0.2, 0.25) is 0 Å². The zero-order valence-electron chi connectivity index (χ0n) is 9.66. The Morgan fingerprint density at radius 2 is 2.13 bits per heavy atom. The van der Waals surface area contributed by atoms with Gasteiger partial charge in [-0.1, -0.05) is 12.1 Å². The van der Waals surface area contributed by atoms with Gasteiger partial charge in [0.1, 0.15) is 5.75 Å². The van der Waals surface area contributed by atoms with Crippen molar-refractivity contribution in [3.8, 4) is 5.75 Å². The third-order valence-corrected chi connectivity index (χ3v) is 3.28. The Morgan fingerprint density at radius 1 is 1.33 bits per heavy atom. The molecule has 1 aromatic carbocycles. The van der Waals surface area contributed by atoms with Crippen molar-refractivity contribution in [2.75, 3.05) is 7.11 Å². The molecule has 1 saturated heterocycles. The summed E-state index contributed by atoms with van der Waals surface area (Å²) in [6.07, 6.45) is 1.22. The van der Waals surface area contributed by atoms with Crippen LogP contribution in [-0.4, -0.2) is 19.2 Å². The predicted molar refractivity (Wildman–Crippen MR) is 62.4 cm³/mol. The van der Waals surface area contributed by atoms with E-state index in [-0.39, 0.29) is 0 Å². The minimum absolute atomic E-state index is 0.562. The molecule has 1 aliphatic heterocycles. The van der Waals surface area contributed by atoms with Gasteiger partial charge >= 0.3 is 0 Å². The highest BCUT2D eigenvalue weighted by atomic mass is 16.5. The molecule has 2 rings (SSSR count). The second-order valence-electron chi connectivity index (χ2n) is 4.48. The van der Waals surface area contributed by atoms with Gasteiger partial charge in [-0.15, -0.1) is 0 Å². The lowest BCUT2D eigenvalue weighted by Gasteiger charge is -2.15. The number of rotatable bonds is 2. The number of benzene rings is 1. The second kappa shape index (κ2) is 4.23. The zero-order chi connectivity index (χ0) is 10.8. The fourth-order valence-electron chi connectivity index (χ4n) is 2.51. The third kappa shape index (κ3) is 2.15.